The lowest BCUT2D eigenvalue weighted by molar-refractivity contribution is 0.589. The van der Waals surface area contributed by atoms with Gasteiger partial charge in [0.05, 0.1) is 11.4 Å². The lowest BCUT2D eigenvalue weighted by atomic mass is 10.2. The van der Waals surface area contributed by atoms with E-state index in [-0.39, 0.29) is 0 Å². The zero-order valence-corrected chi connectivity index (χ0v) is 12.8. The number of nitrogen functional groups attached to an aromatic ring is 1. The third-order valence-electron chi connectivity index (χ3n) is 3.70. The van der Waals surface area contributed by atoms with Crippen molar-refractivity contribution in [1.82, 2.24) is 24.5 Å². The van der Waals surface area contributed by atoms with Crippen LogP contribution in [0, 0.1) is 0 Å². The molecule has 0 fully saturated rings. The van der Waals surface area contributed by atoms with Crippen molar-refractivity contribution >= 4 is 17.4 Å². The molecular weight excluding hydrogens is 272 g/mol. The third-order valence-corrected chi connectivity index (χ3v) is 4.87. The molecule has 0 aliphatic carbocycles. The van der Waals surface area contributed by atoms with Crippen molar-refractivity contribution in [2.45, 2.75) is 55.8 Å². The number of aryl methyl sites for hydroxylation is 3. The third kappa shape index (κ3) is 2.30. The average molecular weight is 292 g/mol. The number of fused-ring (bicyclic) bond motifs is 1. The van der Waals surface area contributed by atoms with Crippen LogP contribution in [-0.2, 0) is 26.4 Å². The molecule has 108 valence electrons. The summed E-state index contributed by atoms with van der Waals surface area (Å²) in [6, 6.07) is 0. The normalized spacial score (nSPS) is 15.1. The molecule has 0 unspecified atom stereocenters. The Morgan fingerprint density at radius 2 is 2.10 bits per heavy atom. The Morgan fingerprint density at radius 3 is 2.85 bits per heavy atom. The van der Waals surface area contributed by atoms with E-state index < -0.39 is 0 Å². The zero-order chi connectivity index (χ0) is 14.1. The Hall–Kier alpha value is -1.50. The summed E-state index contributed by atoms with van der Waals surface area (Å²) in [7, 11) is 1.93. The summed E-state index contributed by atoms with van der Waals surface area (Å²) >= 11 is 1.57. The van der Waals surface area contributed by atoms with Gasteiger partial charge in [0.1, 0.15) is 10.9 Å². The second kappa shape index (κ2) is 5.47. The largest absolute Gasteiger partial charge is 0.395 e. The van der Waals surface area contributed by atoms with E-state index in [1.54, 1.807) is 11.8 Å². The van der Waals surface area contributed by atoms with Crippen LogP contribution in [0.25, 0.3) is 0 Å². The fraction of sp³-hybridized carbons (Fsp3) is 0.615. The van der Waals surface area contributed by atoms with Gasteiger partial charge in [-0.2, -0.15) is 5.10 Å². The summed E-state index contributed by atoms with van der Waals surface area (Å²) < 4.78 is 4.08. The van der Waals surface area contributed by atoms with E-state index in [0.29, 0.717) is 0 Å². The molecule has 0 saturated heterocycles. The molecule has 0 radical (unpaired) electrons. The van der Waals surface area contributed by atoms with Crippen LogP contribution in [0.4, 0.5) is 5.69 Å². The second-order valence-electron chi connectivity index (χ2n) is 5.11. The molecule has 0 bridgehead atoms. The van der Waals surface area contributed by atoms with Crippen molar-refractivity contribution in [2.75, 3.05) is 5.73 Å². The molecule has 0 atom stereocenters. The molecule has 1 aliphatic rings. The first-order valence-corrected chi connectivity index (χ1v) is 7.93. The molecule has 2 aromatic rings. The van der Waals surface area contributed by atoms with Gasteiger partial charge in [0.15, 0.2) is 5.16 Å². The molecule has 0 aromatic carbocycles. The van der Waals surface area contributed by atoms with Gasteiger partial charge in [-0.15, -0.1) is 10.2 Å². The van der Waals surface area contributed by atoms with Gasteiger partial charge in [-0.05, 0) is 31.0 Å². The lowest BCUT2D eigenvalue weighted by Gasteiger charge is -2.07. The standard InChI is InChI=1S/C13H20N6S/c1-3-9-11(14)12(18(2)17-9)20-13-16-15-10-7-5-4-6-8-19(10)13/h3-8,14H2,1-2H3. The molecule has 2 aromatic heterocycles. The van der Waals surface area contributed by atoms with Crippen LogP contribution in [0.2, 0.25) is 0 Å². The van der Waals surface area contributed by atoms with Crippen molar-refractivity contribution in [3.63, 3.8) is 0 Å². The van der Waals surface area contributed by atoms with Gasteiger partial charge in [-0.25, -0.2) is 0 Å². The number of nitrogens with two attached hydrogens (primary N) is 1. The fourth-order valence-corrected chi connectivity index (χ4v) is 3.54. The SMILES string of the molecule is CCc1nn(C)c(Sc2nnc3n2CCCCC3)c1N. The lowest BCUT2D eigenvalue weighted by Crippen LogP contribution is -2.03. The Balaban J connectivity index is 1.92. The van der Waals surface area contributed by atoms with Gasteiger partial charge in [0, 0.05) is 20.0 Å². The molecule has 6 nitrogen and oxygen atoms in total. The minimum Gasteiger partial charge on any atom is -0.395 e. The number of hydrogen-bond donors (Lipinski definition) is 1. The predicted molar refractivity (Wildman–Crippen MR) is 78.7 cm³/mol. The van der Waals surface area contributed by atoms with Gasteiger partial charge >= 0.3 is 0 Å². The van der Waals surface area contributed by atoms with E-state index in [1.807, 2.05) is 11.7 Å². The van der Waals surface area contributed by atoms with Gasteiger partial charge in [0.2, 0.25) is 0 Å². The van der Waals surface area contributed by atoms with Gasteiger partial charge < -0.3 is 10.3 Å². The summed E-state index contributed by atoms with van der Waals surface area (Å²) in [6.45, 7) is 3.07. The van der Waals surface area contributed by atoms with Crippen molar-refractivity contribution in [2.24, 2.45) is 7.05 Å². The van der Waals surface area contributed by atoms with Crippen molar-refractivity contribution in [3.05, 3.63) is 11.5 Å². The number of anilines is 1. The molecule has 0 saturated carbocycles. The van der Waals surface area contributed by atoms with Crippen LogP contribution >= 0.6 is 11.8 Å². The zero-order valence-electron chi connectivity index (χ0n) is 12.0. The highest BCUT2D eigenvalue weighted by molar-refractivity contribution is 7.99. The Bertz CT molecular complexity index is 615. The Kier molecular flexibility index (Phi) is 3.69. The molecule has 3 rings (SSSR count). The summed E-state index contributed by atoms with van der Waals surface area (Å²) in [5.41, 5.74) is 7.90. The molecule has 3 heterocycles. The maximum Gasteiger partial charge on any atom is 0.197 e. The van der Waals surface area contributed by atoms with Crippen LogP contribution in [0.3, 0.4) is 0 Å². The average Bonchev–Trinajstić information content (AvgIpc) is 2.83. The quantitative estimate of drug-likeness (QED) is 0.937. The number of aromatic nitrogens is 5. The first-order valence-electron chi connectivity index (χ1n) is 7.12. The summed E-state index contributed by atoms with van der Waals surface area (Å²) in [5.74, 6) is 1.10. The summed E-state index contributed by atoms with van der Waals surface area (Å²) in [5, 5.41) is 15.0. The topological polar surface area (TPSA) is 74.5 Å². The molecule has 7 heteroatoms. The smallest absolute Gasteiger partial charge is 0.197 e. The van der Waals surface area contributed by atoms with Crippen LogP contribution in [0.15, 0.2) is 10.2 Å². The minimum absolute atomic E-state index is 0.769. The Labute approximate surface area is 122 Å². The van der Waals surface area contributed by atoms with Gasteiger partial charge in [-0.1, -0.05) is 13.3 Å². The van der Waals surface area contributed by atoms with E-state index in [9.17, 15) is 0 Å². The Morgan fingerprint density at radius 1 is 1.25 bits per heavy atom. The highest BCUT2D eigenvalue weighted by Crippen LogP contribution is 2.33. The van der Waals surface area contributed by atoms with E-state index in [0.717, 1.165) is 46.8 Å². The van der Waals surface area contributed by atoms with Crippen LogP contribution in [0.1, 0.15) is 37.7 Å². The number of nitrogens with zero attached hydrogens (tertiary/aromatic N) is 5. The van der Waals surface area contributed by atoms with Crippen molar-refractivity contribution in [3.8, 4) is 0 Å². The van der Waals surface area contributed by atoms with E-state index in [1.165, 1.54) is 19.3 Å². The van der Waals surface area contributed by atoms with Gasteiger partial charge in [-0.3, -0.25) is 4.68 Å². The first kappa shape index (κ1) is 13.5. The summed E-state index contributed by atoms with van der Waals surface area (Å²) in [6.07, 6.45) is 5.53. The van der Waals surface area contributed by atoms with E-state index >= 15 is 0 Å². The number of rotatable bonds is 3. The molecule has 20 heavy (non-hydrogen) atoms. The highest BCUT2D eigenvalue weighted by Gasteiger charge is 2.19. The highest BCUT2D eigenvalue weighted by atomic mass is 32.2. The molecular formula is C13H20N6S. The predicted octanol–water partition coefficient (Wildman–Crippen LogP) is 2.03. The number of hydrogen-bond acceptors (Lipinski definition) is 5. The van der Waals surface area contributed by atoms with Crippen LogP contribution < -0.4 is 5.73 Å². The maximum atomic E-state index is 6.18. The van der Waals surface area contributed by atoms with Crippen molar-refractivity contribution in [1.29, 1.82) is 0 Å². The molecule has 0 spiro atoms. The molecule has 1 aliphatic heterocycles. The van der Waals surface area contributed by atoms with Gasteiger partial charge in [0.25, 0.3) is 0 Å². The monoisotopic (exact) mass is 292 g/mol. The second-order valence-corrected chi connectivity index (χ2v) is 6.06. The van der Waals surface area contributed by atoms with E-state index in [2.05, 4.69) is 26.8 Å². The van der Waals surface area contributed by atoms with Crippen LogP contribution in [-0.4, -0.2) is 24.5 Å². The maximum absolute atomic E-state index is 6.18. The molecule has 0 amide bonds. The summed E-state index contributed by atoms with van der Waals surface area (Å²) in [4.78, 5) is 0. The minimum atomic E-state index is 0.769. The van der Waals surface area contributed by atoms with E-state index in [4.69, 9.17) is 5.73 Å². The molecule has 2 N–H and O–H groups in total. The van der Waals surface area contributed by atoms with Crippen LogP contribution in [0.5, 0.6) is 0 Å². The first-order chi connectivity index (χ1) is 9.70. The fourth-order valence-electron chi connectivity index (χ4n) is 2.58. The van der Waals surface area contributed by atoms with Crippen molar-refractivity contribution < 1.29 is 0 Å².